The average Bonchev–Trinajstić information content (AvgIpc) is 3.15. The summed E-state index contributed by atoms with van der Waals surface area (Å²) in [5, 5.41) is 0. The van der Waals surface area contributed by atoms with E-state index in [9.17, 15) is 0 Å². The number of fused-ring (bicyclic) bond motifs is 2. The van der Waals surface area contributed by atoms with E-state index in [4.69, 9.17) is 0 Å². The fraction of sp³-hybridized carbons (Fsp3) is 0.212. The zero-order valence-electron chi connectivity index (χ0n) is 34.1. The highest BCUT2D eigenvalue weighted by atomic mass is 14.9. The van der Waals surface area contributed by atoms with Gasteiger partial charge >= 0.3 is 0 Å². The lowest BCUT2D eigenvalue weighted by Gasteiger charge is -2.35. The van der Waals surface area contributed by atoms with E-state index in [1.807, 2.05) is 0 Å². The smallest absolute Gasteiger partial charge is 0.201 e. The maximum Gasteiger partial charge on any atom is 0.240 e. The van der Waals surface area contributed by atoms with Gasteiger partial charge in [-0.2, -0.15) is 0 Å². The van der Waals surface area contributed by atoms with Crippen molar-refractivity contribution in [3.63, 3.8) is 0 Å². The molecule has 55 heavy (non-hydrogen) atoms. The second kappa shape index (κ2) is 14.3. The van der Waals surface area contributed by atoms with Crippen molar-refractivity contribution in [3.8, 4) is 33.5 Å². The highest BCUT2D eigenvalue weighted by molar-refractivity contribution is 7.11. The molecular weight excluding hydrogens is 660 g/mol. The van der Waals surface area contributed by atoms with Crippen molar-refractivity contribution in [2.45, 2.75) is 61.8 Å². The Balaban J connectivity index is 1.39. The van der Waals surface area contributed by atoms with E-state index in [1.54, 1.807) is 0 Å². The molecule has 6 aromatic carbocycles. The Labute approximate surface area is 330 Å². The Morgan fingerprint density at radius 1 is 0.455 bits per heavy atom. The van der Waals surface area contributed by atoms with Crippen molar-refractivity contribution in [2.75, 3.05) is 0 Å². The number of aromatic nitrogens is 1. The highest BCUT2D eigenvalue weighted by Crippen LogP contribution is 2.27. The Bertz CT molecular complexity index is 2510. The summed E-state index contributed by atoms with van der Waals surface area (Å²) in [5.41, 5.74) is 24.4. The molecule has 1 nitrogen and oxygen atoms in total. The quantitative estimate of drug-likeness (QED) is 0.122. The molecule has 270 valence electrons. The molecule has 1 aromatic heterocycles. The summed E-state index contributed by atoms with van der Waals surface area (Å²) in [7, 11) is 2.20. The van der Waals surface area contributed by atoms with Gasteiger partial charge in [0.1, 0.15) is 7.05 Å². The predicted octanol–water partition coefficient (Wildman–Crippen LogP) is 7.99. The lowest BCUT2D eigenvalue weighted by molar-refractivity contribution is -0.660. The third kappa shape index (κ3) is 6.91. The summed E-state index contributed by atoms with van der Waals surface area (Å²) in [6.07, 6.45) is 3.29. The van der Waals surface area contributed by atoms with Crippen molar-refractivity contribution < 1.29 is 4.57 Å². The van der Waals surface area contributed by atoms with Gasteiger partial charge in [-0.15, -0.1) is 0 Å². The van der Waals surface area contributed by atoms with Crippen LogP contribution in [0.15, 0.2) is 140 Å². The minimum atomic E-state index is 0.0962. The molecule has 0 spiro atoms. The molecule has 0 saturated carbocycles. The maximum atomic E-state index is 2.57. The van der Waals surface area contributed by atoms with Gasteiger partial charge in [0.2, 0.25) is 19.1 Å². The molecule has 7 aromatic rings. The molecule has 0 unspecified atom stereocenters. The molecule has 3 heteroatoms. The summed E-state index contributed by atoms with van der Waals surface area (Å²) < 4.78 is 2.31. The second-order valence-corrected chi connectivity index (χ2v) is 17.3. The van der Waals surface area contributed by atoms with Crippen LogP contribution >= 0.6 is 0 Å². The SMILES string of the molecule is Cc1cc2c(cc1-c1cc(CC(C)(C)C)cc[n+]1C)B(c1c(C)cc(-c3ccccc3)cc1C)c1ccccc1B2c1c(C)cc(-c2ccccc2)cc1C. The number of hydrogen-bond donors (Lipinski definition) is 0. The van der Waals surface area contributed by atoms with Gasteiger partial charge in [-0.3, -0.25) is 0 Å². The Morgan fingerprint density at radius 2 is 0.891 bits per heavy atom. The van der Waals surface area contributed by atoms with Gasteiger partial charge in [0.05, 0.1) is 0 Å². The van der Waals surface area contributed by atoms with E-state index < -0.39 is 0 Å². The van der Waals surface area contributed by atoms with Crippen LogP contribution < -0.4 is 37.3 Å². The van der Waals surface area contributed by atoms with Crippen LogP contribution in [0.25, 0.3) is 33.5 Å². The molecule has 2 heterocycles. The van der Waals surface area contributed by atoms with Gasteiger partial charge in [0.15, 0.2) is 6.20 Å². The first-order chi connectivity index (χ1) is 26.4. The molecule has 0 amide bonds. The van der Waals surface area contributed by atoms with Crippen LogP contribution in [0.1, 0.15) is 54.2 Å². The lowest BCUT2D eigenvalue weighted by Crippen LogP contribution is -2.76. The van der Waals surface area contributed by atoms with Crippen molar-refractivity contribution in [1.82, 2.24) is 0 Å². The van der Waals surface area contributed by atoms with Crippen LogP contribution in [-0.2, 0) is 13.5 Å². The minimum absolute atomic E-state index is 0.0962. The van der Waals surface area contributed by atoms with Crippen LogP contribution in [0.4, 0.5) is 0 Å². The first-order valence-electron chi connectivity index (χ1n) is 19.9. The summed E-state index contributed by atoms with van der Waals surface area (Å²) in [4.78, 5) is 0. The third-order valence-electron chi connectivity index (χ3n) is 11.9. The first kappa shape index (κ1) is 36.6. The molecule has 0 bridgehead atoms. The molecule has 0 atom stereocenters. The van der Waals surface area contributed by atoms with E-state index in [2.05, 4.69) is 207 Å². The maximum absolute atomic E-state index is 2.57. The van der Waals surface area contributed by atoms with Gasteiger partial charge in [0, 0.05) is 17.7 Å². The van der Waals surface area contributed by atoms with Crippen LogP contribution in [0.2, 0.25) is 0 Å². The highest BCUT2D eigenvalue weighted by Gasteiger charge is 2.41. The molecule has 0 aliphatic carbocycles. The zero-order chi connectivity index (χ0) is 38.6. The largest absolute Gasteiger partial charge is 0.240 e. The number of pyridine rings is 1. The molecule has 1 aliphatic rings. The van der Waals surface area contributed by atoms with Gasteiger partial charge < -0.3 is 0 Å². The van der Waals surface area contributed by atoms with Gasteiger partial charge in [-0.25, -0.2) is 4.57 Å². The minimum Gasteiger partial charge on any atom is -0.201 e. The van der Waals surface area contributed by atoms with Gasteiger partial charge in [-0.1, -0.05) is 197 Å². The van der Waals surface area contributed by atoms with E-state index in [1.165, 1.54) is 99.7 Å². The van der Waals surface area contributed by atoms with E-state index in [-0.39, 0.29) is 18.8 Å². The van der Waals surface area contributed by atoms with Crippen molar-refractivity contribution in [2.24, 2.45) is 12.5 Å². The monoisotopic (exact) mass is 712 g/mol. The average molecular weight is 713 g/mol. The van der Waals surface area contributed by atoms with Gasteiger partial charge in [0.25, 0.3) is 0 Å². The molecule has 0 radical (unpaired) electrons. The van der Waals surface area contributed by atoms with Gasteiger partial charge in [-0.05, 0) is 79.8 Å². The molecule has 0 fully saturated rings. The topological polar surface area (TPSA) is 3.88 Å². The Kier molecular flexibility index (Phi) is 9.54. The summed E-state index contributed by atoms with van der Waals surface area (Å²) in [5.74, 6) is 0. The summed E-state index contributed by atoms with van der Waals surface area (Å²) in [6, 6.07) is 50.4. The number of nitrogens with zero attached hydrogens (tertiary/aromatic N) is 1. The Hall–Kier alpha value is -5.40. The fourth-order valence-electron chi connectivity index (χ4n) is 9.57. The van der Waals surface area contributed by atoms with Crippen LogP contribution in [0, 0.1) is 40.0 Å². The summed E-state index contributed by atoms with van der Waals surface area (Å²) >= 11 is 0. The summed E-state index contributed by atoms with van der Waals surface area (Å²) in [6.45, 7) is 18.8. The fourth-order valence-corrected chi connectivity index (χ4v) is 9.57. The normalized spacial score (nSPS) is 12.5. The van der Waals surface area contributed by atoms with Crippen LogP contribution in [0.3, 0.4) is 0 Å². The predicted molar refractivity (Wildman–Crippen MR) is 239 cm³/mol. The van der Waals surface area contributed by atoms with E-state index >= 15 is 0 Å². The molecule has 8 rings (SSSR count). The third-order valence-corrected chi connectivity index (χ3v) is 11.9. The van der Waals surface area contributed by atoms with E-state index in [0.29, 0.717) is 0 Å². The van der Waals surface area contributed by atoms with Crippen molar-refractivity contribution in [1.29, 1.82) is 0 Å². The molecular formula is C52H52B2N+. The number of hydrogen-bond acceptors (Lipinski definition) is 0. The number of rotatable bonds is 6. The zero-order valence-corrected chi connectivity index (χ0v) is 34.1. The lowest BCUT2D eigenvalue weighted by atomic mass is 9.20. The molecule has 1 aliphatic heterocycles. The first-order valence-corrected chi connectivity index (χ1v) is 19.9. The molecule has 0 saturated heterocycles. The van der Waals surface area contributed by atoms with Crippen LogP contribution in [0.5, 0.6) is 0 Å². The van der Waals surface area contributed by atoms with Crippen molar-refractivity contribution in [3.05, 3.63) is 173 Å². The standard InChI is InChI=1S/C52H52B2N/c1-34-30-47-48(32-44(34)49-31-39(24-25-55(49)9)33-52(6,7)8)54(51-37(4)28-43(29-38(51)5)41-20-14-11-15-21-41)46-23-17-16-22-45(46)53(47)50-35(2)26-42(27-36(50)3)40-18-12-10-13-19-40/h10-32H,33H2,1-9H3/q+1. The van der Waals surface area contributed by atoms with Crippen molar-refractivity contribution >= 4 is 46.2 Å². The van der Waals surface area contributed by atoms with Crippen LogP contribution in [-0.4, -0.2) is 13.4 Å². The number of aryl methyl sites for hydroxylation is 6. The Morgan fingerprint density at radius 3 is 1.35 bits per heavy atom. The molecule has 0 N–H and O–H groups in total. The second-order valence-electron chi connectivity index (χ2n) is 17.3. The number of benzene rings is 6. The van der Waals surface area contributed by atoms with E-state index in [0.717, 1.165) is 6.42 Å².